The predicted octanol–water partition coefficient (Wildman–Crippen LogP) is 3.76. The van der Waals surface area contributed by atoms with Crippen molar-refractivity contribution in [2.75, 3.05) is 7.11 Å². The maximum absolute atomic E-state index is 6.00. The minimum atomic E-state index is 0.291. The van der Waals surface area contributed by atoms with Crippen molar-refractivity contribution in [1.82, 2.24) is 14.8 Å². The lowest BCUT2D eigenvalue weighted by molar-refractivity contribution is 0.414. The van der Waals surface area contributed by atoms with Gasteiger partial charge in [0.2, 0.25) is 0 Å². The van der Waals surface area contributed by atoms with Gasteiger partial charge in [-0.3, -0.25) is 4.57 Å². The second-order valence-electron chi connectivity index (χ2n) is 5.57. The number of aryl methyl sites for hydroxylation is 1. The molecule has 25 heavy (non-hydrogen) atoms. The van der Waals surface area contributed by atoms with Crippen LogP contribution in [0.25, 0.3) is 11.3 Å². The molecule has 0 amide bonds. The standard InChI is InChI=1S/C19H19ClN4O/c1-12(14-4-6-15(20)7-5-14)17-10-16(25-3)8-9-18(17)24-13(2)22-23-19(24)11-21/h4-10H,1,11,21H2,2-3H3. The van der Waals surface area contributed by atoms with Crippen LogP contribution in [-0.4, -0.2) is 21.9 Å². The quantitative estimate of drug-likeness (QED) is 0.757. The second-order valence-corrected chi connectivity index (χ2v) is 6.01. The number of aromatic nitrogens is 3. The van der Waals surface area contributed by atoms with Crippen LogP contribution in [0.2, 0.25) is 5.02 Å². The minimum absolute atomic E-state index is 0.291. The van der Waals surface area contributed by atoms with Crippen molar-refractivity contribution in [2.45, 2.75) is 13.5 Å². The molecule has 0 unspecified atom stereocenters. The fourth-order valence-corrected chi connectivity index (χ4v) is 2.86. The highest BCUT2D eigenvalue weighted by atomic mass is 35.5. The van der Waals surface area contributed by atoms with Gasteiger partial charge in [-0.15, -0.1) is 10.2 Å². The Morgan fingerprint density at radius 2 is 1.92 bits per heavy atom. The average molecular weight is 355 g/mol. The zero-order valence-corrected chi connectivity index (χ0v) is 14.9. The molecular formula is C19H19ClN4O. The average Bonchev–Trinajstić information content (AvgIpc) is 3.01. The predicted molar refractivity (Wildman–Crippen MR) is 100 cm³/mol. The van der Waals surface area contributed by atoms with Crippen molar-refractivity contribution in [3.8, 4) is 11.4 Å². The smallest absolute Gasteiger partial charge is 0.151 e. The van der Waals surface area contributed by atoms with Gasteiger partial charge in [0, 0.05) is 10.6 Å². The second kappa shape index (κ2) is 7.09. The summed E-state index contributed by atoms with van der Waals surface area (Å²) in [5.41, 5.74) is 9.47. The van der Waals surface area contributed by atoms with E-state index >= 15 is 0 Å². The summed E-state index contributed by atoms with van der Waals surface area (Å²) in [5.74, 6) is 2.19. The van der Waals surface area contributed by atoms with Crippen LogP contribution < -0.4 is 10.5 Å². The van der Waals surface area contributed by atoms with E-state index in [9.17, 15) is 0 Å². The molecule has 0 atom stereocenters. The van der Waals surface area contributed by atoms with Gasteiger partial charge >= 0.3 is 0 Å². The van der Waals surface area contributed by atoms with Crippen LogP contribution >= 0.6 is 11.6 Å². The molecule has 0 radical (unpaired) electrons. The zero-order chi connectivity index (χ0) is 18.0. The number of benzene rings is 2. The number of nitrogens with zero attached hydrogens (tertiary/aromatic N) is 3. The van der Waals surface area contributed by atoms with Gasteiger partial charge < -0.3 is 10.5 Å². The molecule has 3 rings (SSSR count). The van der Waals surface area contributed by atoms with Crippen molar-refractivity contribution >= 4 is 17.2 Å². The van der Waals surface area contributed by atoms with Gasteiger partial charge in [-0.25, -0.2) is 0 Å². The molecule has 2 aromatic carbocycles. The Bertz CT molecular complexity index is 916. The van der Waals surface area contributed by atoms with Crippen molar-refractivity contribution in [1.29, 1.82) is 0 Å². The molecule has 0 spiro atoms. The van der Waals surface area contributed by atoms with E-state index in [2.05, 4.69) is 16.8 Å². The van der Waals surface area contributed by atoms with Gasteiger partial charge in [0.25, 0.3) is 0 Å². The Kier molecular flexibility index (Phi) is 4.88. The summed E-state index contributed by atoms with van der Waals surface area (Å²) in [6.45, 7) is 6.46. The van der Waals surface area contributed by atoms with E-state index < -0.39 is 0 Å². The normalized spacial score (nSPS) is 10.7. The molecule has 6 heteroatoms. The fraction of sp³-hybridized carbons (Fsp3) is 0.158. The van der Waals surface area contributed by atoms with Crippen molar-refractivity contribution < 1.29 is 4.74 Å². The summed E-state index contributed by atoms with van der Waals surface area (Å²) < 4.78 is 7.33. The summed E-state index contributed by atoms with van der Waals surface area (Å²) in [5, 5.41) is 8.98. The highest BCUT2D eigenvalue weighted by Crippen LogP contribution is 2.32. The molecule has 3 aromatic rings. The van der Waals surface area contributed by atoms with Crippen LogP contribution in [-0.2, 0) is 6.54 Å². The third kappa shape index (κ3) is 3.29. The molecule has 0 saturated carbocycles. The SMILES string of the molecule is C=C(c1ccc(Cl)cc1)c1cc(OC)ccc1-n1c(C)nnc1CN. The molecule has 5 nitrogen and oxygen atoms in total. The number of hydrogen-bond acceptors (Lipinski definition) is 4. The first-order valence-corrected chi connectivity index (χ1v) is 8.17. The molecule has 0 saturated heterocycles. The fourth-order valence-electron chi connectivity index (χ4n) is 2.74. The molecule has 0 aliphatic heterocycles. The van der Waals surface area contributed by atoms with Gasteiger partial charge in [-0.05, 0) is 48.4 Å². The lowest BCUT2D eigenvalue weighted by Gasteiger charge is -2.17. The Hall–Kier alpha value is -2.63. The third-order valence-corrected chi connectivity index (χ3v) is 4.29. The first-order valence-electron chi connectivity index (χ1n) is 7.79. The maximum Gasteiger partial charge on any atom is 0.151 e. The molecule has 128 valence electrons. The monoisotopic (exact) mass is 354 g/mol. The highest BCUT2D eigenvalue weighted by molar-refractivity contribution is 6.30. The molecule has 1 aromatic heterocycles. The Balaban J connectivity index is 2.19. The largest absolute Gasteiger partial charge is 0.497 e. The van der Waals surface area contributed by atoms with E-state index in [0.717, 1.165) is 34.0 Å². The van der Waals surface area contributed by atoms with Crippen molar-refractivity contribution in [2.24, 2.45) is 5.73 Å². The topological polar surface area (TPSA) is 66.0 Å². The lowest BCUT2D eigenvalue weighted by Crippen LogP contribution is -2.10. The molecule has 0 aliphatic rings. The van der Waals surface area contributed by atoms with E-state index in [4.69, 9.17) is 22.1 Å². The van der Waals surface area contributed by atoms with E-state index in [0.29, 0.717) is 17.4 Å². The number of nitrogens with two attached hydrogens (primary N) is 1. The van der Waals surface area contributed by atoms with Gasteiger partial charge in [0.05, 0.1) is 19.3 Å². The van der Waals surface area contributed by atoms with Gasteiger partial charge in [0.1, 0.15) is 11.6 Å². The van der Waals surface area contributed by atoms with Crippen LogP contribution in [0.15, 0.2) is 49.0 Å². The summed E-state index contributed by atoms with van der Waals surface area (Å²) in [6, 6.07) is 13.4. The number of methoxy groups -OCH3 is 1. The van der Waals surface area contributed by atoms with E-state index in [-0.39, 0.29) is 0 Å². The first-order chi connectivity index (χ1) is 12.0. The molecular weight excluding hydrogens is 336 g/mol. The summed E-state index contributed by atoms with van der Waals surface area (Å²) in [7, 11) is 1.64. The Labute approximate surface area is 151 Å². The summed E-state index contributed by atoms with van der Waals surface area (Å²) in [4.78, 5) is 0. The summed E-state index contributed by atoms with van der Waals surface area (Å²) in [6.07, 6.45) is 0. The number of halogens is 1. The number of rotatable bonds is 5. The first kappa shape index (κ1) is 17.2. The molecule has 0 aliphatic carbocycles. The zero-order valence-electron chi connectivity index (χ0n) is 14.2. The van der Waals surface area contributed by atoms with Crippen LogP contribution in [0.4, 0.5) is 0 Å². The minimum Gasteiger partial charge on any atom is -0.497 e. The van der Waals surface area contributed by atoms with Crippen LogP contribution in [0, 0.1) is 6.92 Å². The van der Waals surface area contributed by atoms with E-state index in [1.54, 1.807) is 7.11 Å². The highest BCUT2D eigenvalue weighted by Gasteiger charge is 2.16. The van der Waals surface area contributed by atoms with Gasteiger partial charge in [0.15, 0.2) is 5.82 Å². The summed E-state index contributed by atoms with van der Waals surface area (Å²) >= 11 is 6.00. The lowest BCUT2D eigenvalue weighted by atomic mass is 9.97. The Morgan fingerprint density at radius 3 is 2.56 bits per heavy atom. The number of ether oxygens (including phenoxy) is 1. The van der Waals surface area contributed by atoms with Crippen molar-refractivity contribution in [3.63, 3.8) is 0 Å². The van der Waals surface area contributed by atoms with E-state index in [1.807, 2.05) is 54.0 Å². The van der Waals surface area contributed by atoms with Crippen LogP contribution in [0.3, 0.4) is 0 Å². The Morgan fingerprint density at radius 1 is 1.20 bits per heavy atom. The van der Waals surface area contributed by atoms with Crippen LogP contribution in [0.1, 0.15) is 22.8 Å². The van der Waals surface area contributed by atoms with Gasteiger partial charge in [-0.2, -0.15) is 0 Å². The van der Waals surface area contributed by atoms with Gasteiger partial charge in [-0.1, -0.05) is 30.3 Å². The molecule has 0 fully saturated rings. The van der Waals surface area contributed by atoms with Crippen LogP contribution in [0.5, 0.6) is 5.75 Å². The maximum atomic E-state index is 6.00. The third-order valence-electron chi connectivity index (χ3n) is 4.04. The molecule has 2 N–H and O–H groups in total. The van der Waals surface area contributed by atoms with E-state index in [1.165, 1.54) is 0 Å². The number of hydrogen-bond donors (Lipinski definition) is 1. The molecule has 1 heterocycles. The van der Waals surface area contributed by atoms with Crippen molar-refractivity contribution in [3.05, 3.63) is 76.8 Å². The molecule has 0 bridgehead atoms.